The van der Waals surface area contributed by atoms with Gasteiger partial charge in [0.1, 0.15) is 0 Å². The van der Waals surface area contributed by atoms with Crippen molar-refractivity contribution in [2.45, 2.75) is 40.7 Å². The number of carbonyl (C=O) groups is 1. The fraction of sp³-hybridized carbons (Fsp3) is 0.667. The summed E-state index contributed by atoms with van der Waals surface area (Å²) in [6.07, 6.45) is 1.82. The zero-order valence-electron chi connectivity index (χ0n) is 10.2. The second-order valence-electron chi connectivity index (χ2n) is 4.52. The van der Waals surface area contributed by atoms with E-state index in [1.165, 1.54) is 0 Å². The van der Waals surface area contributed by atoms with Crippen LogP contribution in [0, 0.1) is 5.92 Å². The first-order valence-corrected chi connectivity index (χ1v) is 5.49. The topological polar surface area (TPSA) is 32.7 Å². The number of amides is 1. The van der Waals surface area contributed by atoms with Crippen molar-refractivity contribution in [3.05, 3.63) is 11.3 Å². The Morgan fingerprint density at radius 3 is 2.40 bits per heavy atom. The zero-order chi connectivity index (χ0) is 11.6. The van der Waals surface area contributed by atoms with Crippen LogP contribution in [0.2, 0.25) is 0 Å². The van der Waals surface area contributed by atoms with E-state index < -0.39 is 0 Å². The molecule has 15 heavy (non-hydrogen) atoms. The monoisotopic (exact) mass is 208 g/mol. The number of hydrogen-bond donors (Lipinski definition) is 0. The summed E-state index contributed by atoms with van der Waals surface area (Å²) in [6.45, 7) is 10.7. The lowest BCUT2D eigenvalue weighted by Crippen LogP contribution is -2.39. The Morgan fingerprint density at radius 2 is 1.93 bits per heavy atom. The molecule has 3 heteroatoms. The highest BCUT2D eigenvalue weighted by molar-refractivity contribution is 5.97. The van der Waals surface area contributed by atoms with Crippen LogP contribution in [0.4, 0.5) is 0 Å². The van der Waals surface area contributed by atoms with Gasteiger partial charge in [0.15, 0.2) is 0 Å². The van der Waals surface area contributed by atoms with Gasteiger partial charge in [0.25, 0.3) is 5.91 Å². The molecule has 84 valence electrons. The summed E-state index contributed by atoms with van der Waals surface area (Å²) in [7, 11) is 0. The number of aliphatic imine (C=N–C) groups is 1. The number of hydrogen-bond acceptors (Lipinski definition) is 2. The average molecular weight is 208 g/mol. The third-order valence-electron chi connectivity index (χ3n) is 2.65. The molecule has 0 aliphatic carbocycles. The molecule has 0 bridgehead atoms. The standard InChI is InChI=1S/C12H20N2O/c1-8(2)11-10(5)13-6-7-14(9(3)4)12(11)15/h6,8-9H,7H2,1-5H3. The van der Waals surface area contributed by atoms with Gasteiger partial charge in [0.05, 0.1) is 6.54 Å². The van der Waals surface area contributed by atoms with E-state index in [9.17, 15) is 4.79 Å². The van der Waals surface area contributed by atoms with Gasteiger partial charge < -0.3 is 4.90 Å². The van der Waals surface area contributed by atoms with E-state index in [1.807, 2.05) is 45.7 Å². The summed E-state index contributed by atoms with van der Waals surface area (Å²) in [6, 6.07) is 0.226. The smallest absolute Gasteiger partial charge is 0.252 e. The molecule has 0 N–H and O–H groups in total. The van der Waals surface area contributed by atoms with Crippen molar-refractivity contribution < 1.29 is 4.79 Å². The number of rotatable bonds is 2. The fourth-order valence-corrected chi connectivity index (χ4v) is 1.84. The summed E-state index contributed by atoms with van der Waals surface area (Å²) in [4.78, 5) is 18.4. The van der Waals surface area contributed by atoms with Crippen LogP contribution in [0.3, 0.4) is 0 Å². The van der Waals surface area contributed by atoms with Gasteiger partial charge in [0.2, 0.25) is 0 Å². The SMILES string of the molecule is CC1=C(C(C)C)C(=O)N(C(C)C)CC=N1. The maximum absolute atomic E-state index is 12.2. The second kappa shape index (κ2) is 4.60. The van der Waals surface area contributed by atoms with Crippen molar-refractivity contribution in [2.75, 3.05) is 6.54 Å². The summed E-state index contributed by atoms with van der Waals surface area (Å²) < 4.78 is 0. The van der Waals surface area contributed by atoms with Crippen LogP contribution in [0.5, 0.6) is 0 Å². The first-order valence-electron chi connectivity index (χ1n) is 5.49. The quantitative estimate of drug-likeness (QED) is 0.685. The third-order valence-corrected chi connectivity index (χ3v) is 2.65. The van der Waals surface area contributed by atoms with E-state index in [0.29, 0.717) is 6.54 Å². The van der Waals surface area contributed by atoms with Gasteiger partial charge >= 0.3 is 0 Å². The maximum Gasteiger partial charge on any atom is 0.252 e. The molecule has 0 atom stereocenters. The first kappa shape index (κ1) is 12.0. The Morgan fingerprint density at radius 1 is 1.33 bits per heavy atom. The number of allylic oxidation sites excluding steroid dienone is 1. The predicted octanol–water partition coefficient (Wildman–Crippen LogP) is 2.24. The van der Waals surface area contributed by atoms with Crippen LogP contribution in [-0.2, 0) is 4.79 Å². The minimum atomic E-state index is 0.134. The summed E-state index contributed by atoms with van der Waals surface area (Å²) in [5.41, 5.74) is 1.70. The third kappa shape index (κ3) is 2.46. The lowest BCUT2D eigenvalue weighted by atomic mass is 9.99. The van der Waals surface area contributed by atoms with Crippen LogP contribution in [0.15, 0.2) is 16.3 Å². The first-order chi connectivity index (χ1) is 6.95. The molecule has 0 aromatic rings. The Kier molecular flexibility index (Phi) is 3.66. The highest BCUT2D eigenvalue weighted by Crippen LogP contribution is 2.21. The molecule has 0 radical (unpaired) electrons. The molecule has 1 heterocycles. The van der Waals surface area contributed by atoms with Crippen LogP contribution < -0.4 is 0 Å². The number of nitrogens with zero attached hydrogens (tertiary/aromatic N) is 2. The molecular formula is C12H20N2O. The van der Waals surface area contributed by atoms with Crippen LogP contribution in [0.1, 0.15) is 34.6 Å². The largest absolute Gasteiger partial charge is 0.331 e. The zero-order valence-corrected chi connectivity index (χ0v) is 10.2. The summed E-state index contributed by atoms with van der Waals surface area (Å²) >= 11 is 0. The number of carbonyl (C=O) groups excluding carboxylic acids is 1. The minimum Gasteiger partial charge on any atom is -0.331 e. The predicted molar refractivity (Wildman–Crippen MR) is 62.9 cm³/mol. The molecule has 0 saturated carbocycles. The Balaban J connectivity index is 3.09. The Hall–Kier alpha value is -1.12. The fourth-order valence-electron chi connectivity index (χ4n) is 1.84. The van der Waals surface area contributed by atoms with Gasteiger partial charge in [-0.15, -0.1) is 0 Å². The van der Waals surface area contributed by atoms with Gasteiger partial charge in [-0.05, 0) is 26.7 Å². The summed E-state index contributed by atoms with van der Waals surface area (Å²) in [5.74, 6) is 0.365. The van der Waals surface area contributed by atoms with Crippen molar-refractivity contribution >= 4 is 12.1 Å². The van der Waals surface area contributed by atoms with Gasteiger partial charge in [-0.3, -0.25) is 9.79 Å². The van der Waals surface area contributed by atoms with Crippen molar-refractivity contribution in [3.8, 4) is 0 Å². The molecule has 1 rings (SSSR count). The van der Waals surface area contributed by atoms with Crippen LogP contribution in [-0.4, -0.2) is 29.6 Å². The highest BCUT2D eigenvalue weighted by Gasteiger charge is 2.25. The average Bonchev–Trinajstić information content (AvgIpc) is 2.23. The van der Waals surface area contributed by atoms with E-state index in [4.69, 9.17) is 0 Å². The van der Waals surface area contributed by atoms with Crippen molar-refractivity contribution in [1.29, 1.82) is 0 Å². The Bertz CT molecular complexity index is 314. The maximum atomic E-state index is 12.2. The molecule has 0 fully saturated rings. The van der Waals surface area contributed by atoms with Crippen molar-refractivity contribution in [1.82, 2.24) is 4.90 Å². The molecule has 1 aliphatic rings. The van der Waals surface area contributed by atoms with E-state index in [2.05, 4.69) is 4.99 Å². The molecule has 0 aromatic carbocycles. The van der Waals surface area contributed by atoms with Gasteiger partial charge in [-0.1, -0.05) is 13.8 Å². The van der Waals surface area contributed by atoms with E-state index in [0.717, 1.165) is 11.3 Å². The molecule has 1 amide bonds. The van der Waals surface area contributed by atoms with Crippen LogP contribution >= 0.6 is 0 Å². The summed E-state index contributed by atoms with van der Waals surface area (Å²) in [5, 5.41) is 0. The lowest BCUT2D eigenvalue weighted by Gasteiger charge is -2.26. The van der Waals surface area contributed by atoms with Crippen molar-refractivity contribution in [3.63, 3.8) is 0 Å². The van der Waals surface area contributed by atoms with Crippen molar-refractivity contribution in [2.24, 2.45) is 10.9 Å². The molecule has 0 unspecified atom stereocenters. The van der Waals surface area contributed by atoms with E-state index >= 15 is 0 Å². The van der Waals surface area contributed by atoms with Gasteiger partial charge in [-0.2, -0.15) is 0 Å². The van der Waals surface area contributed by atoms with Gasteiger partial charge in [0, 0.05) is 23.5 Å². The normalized spacial score (nSPS) is 18.1. The molecule has 0 saturated heterocycles. The van der Waals surface area contributed by atoms with E-state index in [-0.39, 0.29) is 17.9 Å². The van der Waals surface area contributed by atoms with Gasteiger partial charge in [-0.25, -0.2) is 0 Å². The minimum absolute atomic E-state index is 0.134. The molecular weight excluding hydrogens is 188 g/mol. The van der Waals surface area contributed by atoms with E-state index in [1.54, 1.807) is 0 Å². The molecule has 1 aliphatic heterocycles. The van der Waals surface area contributed by atoms with Crippen LogP contribution in [0.25, 0.3) is 0 Å². The molecule has 0 spiro atoms. The lowest BCUT2D eigenvalue weighted by molar-refractivity contribution is -0.128. The highest BCUT2D eigenvalue weighted by atomic mass is 16.2. The second-order valence-corrected chi connectivity index (χ2v) is 4.52. The molecule has 3 nitrogen and oxygen atoms in total. The Labute approximate surface area is 91.9 Å². The molecule has 0 aromatic heterocycles.